The first kappa shape index (κ1) is 21.4. The summed E-state index contributed by atoms with van der Waals surface area (Å²) >= 11 is 0. The van der Waals surface area contributed by atoms with Gasteiger partial charge in [-0.2, -0.15) is 0 Å². The molecule has 0 radical (unpaired) electrons. The third-order valence-electron chi connectivity index (χ3n) is 7.46. The van der Waals surface area contributed by atoms with Crippen molar-refractivity contribution in [2.45, 2.75) is 33.1 Å². The van der Waals surface area contributed by atoms with E-state index in [9.17, 15) is 4.79 Å². The molecule has 0 fully saturated rings. The van der Waals surface area contributed by atoms with Crippen molar-refractivity contribution >= 4 is 5.78 Å². The molecule has 1 aliphatic rings. The molecular weight excluding hydrogens is 400 g/mol. The largest absolute Gasteiger partial charge is 0.289 e. The first-order valence-corrected chi connectivity index (χ1v) is 11.9. The van der Waals surface area contributed by atoms with E-state index in [1.54, 1.807) is 0 Å². The maximum absolute atomic E-state index is 14.0. The summed E-state index contributed by atoms with van der Waals surface area (Å²) in [6.45, 7) is 9.16. The van der Waals surface area contributed by atoms with Gasteiger partial charge in [0.15, 0.2) is 5.78 Å². The van der Waals surface area contributed by atoms with E-state index in [-0.39, 0.29) is 11.2 Å². The molecule has 0 unspecified atom stereocenters. The standard InChI is InChI=1S/C32H30O/c1-21(2)32(22(3)4)29-17-15-25(23-11-7-5-8-12-23)19-27(29)31(33)28-20-26(16-18-30(28)32)24-13-9-6-10-14-24/h5-22H,1-4H3. The second-order valence-electron chi connectivity index (χ2n) is 9.76. The highest BCUT2D eigenvalue weighted by Gasteiger charge is 2.47. The topological polar surface area (TPSA) is 17.1 Å². The lowest BCUT2D eigenvalue weighted by Gasteiger charge is -2.47. The van der Waals surface area contributed by atoms with Gasteiger partial charge in [0.25, 0.3) is 0 Å². The second kappa shape index (κ2) is 8.15. The lowest BCUT2D eigenvalue weighted by Crippen LogP contribution is -2.44. The smallest absolute Gasteiger partial charge is 0.193 e. The summed E-state index contributed by atoms with van der Waals surface area (Å²) in [5, 5.41) is 0. The molecule has 4 aromatic carbocycles. The van der Waals surface area contributed by atoms with Crippen LogP contribution in [-0.4, -0.2) is 5.78 Å². The molecule has 0 aliphatic heterocycles. The minimum atomic E-state index is -0.219. The van der Waals surface area contributed by atoms with Crippen LogP contribution in [0.4, 0.5) is 0 Å². The molecule has 0 N–H and O–H groups in total. The Hall–Kier alpha value is -3.45. The average Bonchev–Trinajstić information content (AvgIpc) is 2.85. The minimum absolute atomic E-state index is 0.132. The van der Waals surface area contributed by atoms with E-state index >= 15 is 0 Å². The van der Waals surface area contributed by atoms with Crippen LogP contribution in [0, 0.1) is 11.8 Å². The molecule has 0 heterocycles. The molecule has 0 saturated heterocycles. The summed E-state index contributed by atoms with van der Waals surface area (Å²) in [5.41, 5.74) is 8.25. The molecule has 0 amide bonds. The molecule has 0 atom stereocenters. The summed E-state index contributed by atoms with van der Waals surface area (Å²) in [5.74, 6) is 0.814. The van der Waals surface area contributed by atoms with Gasteiger partial charge >= 0.3 is 0 Å². The Labute approximate surface area is 197 Å². The van der Waals surface area contributed by atoms with Gasteiger partial charge in [0.2, 0.25) is 0 Å². The molecule has 33 heavy (non-hydrogen) atoms. The quantitative estimate of drug-likeness (QED) is 0.319. The number of carbonyl (C=O) groups is 1. The molecule has 0 bridgehead atoms. The molecule has 0 aromatic heterocycles. The highest BCUT2D eigenvalue weighted by atomic mass is 16.1. The Balaban J connectivity index is 1.78. The third-order valence-corrected chi connectivity index (χ3v) is 7.46. The summed E-state index contributed by atoms with van der Waals surface area (Å²) in [6, 6.07) is 33.7. The Morgan fingerprint density at radius 2 is 0.909 bits per heavy atom. The summed E-state index contributed by atoms with van der Waals surface area (Å²) in [7, 11) is 0. The van der Waals surface area contributed by atoms with Crippen LogP contribution in [0.25, 0.3) is 22.3 Å². The third kappa shape index (κ3) is 3.26. The van der Waals surface area contributed by atoms with Crippen molar-refractivity contribution in [2.75, 3.05) is 0 Å². The molecule has 5 rings (SSSR count). The van der Waals surface area contributed by atoms with Gasteiger partial charge in [0.05, 0.1) is 0 Å². The first-order valence-electron chi connectivity index (χ1n) is 11.9. The van der Waals surface area contributed by atoms with Crippen LogP contribution in [-0.2, 0) is 5.41 Å². The van der Waals surface area contributed by atoms with Crippen LogP contribution in [0.15, 0.2) is 97.1 Å². The number of rotatable bonds is 4. The maximum Gasteiger partial charge on any atom is 0.193 e. The van der Waals surface area contributed by atoms with Crippen LogP contribution in [0.3, 0.4) is 0 Å². The molecule has 0 saturated carbocycles. The number of fused-ring (bicyclic) bond motifs is 2. The van der Waals surface area contributed by atoms with Crippen molar-refractivity contribution in [1.82, 2.24) is 0 Å². The van der Waals surface area contributed by atoms with Gasteiger partial charge in [-0.1, -0.05) is 113 Å². The van der Waals surface area contributed by atoms with Gasteiger partial charge < -0.3 is 0 Å². The zero-order chi connectivity index (χ0) is 23.2. The molecule has 0 spiro atoms. The Kier molecular flexibility index (Phi) is 5.29. The van der Waals surface area contributed by atoms with E-state index in [2.05, 4.69) is 88.4 Å². The SMILES string of the molecule is CC(C)C1(C(C)C)c2ccc(-c3ccccc3)cc2C(=O)c2cc(-c3ccccc3)ccc21. The highest BCUT2D eigenvalue weighted by Crippen LogP contribution is 2.52. The molecule has 4 aromatic rings. The first-order chi connectivity index (χ1) is 15.9. The molecule has 1 aliphatic carbocycles. The van der Waals surface area contributed by atoms with Gasteiger partial charge in [-0.15, -0.1) is 0 Å². The molecule has 1 nitrogen and oxygen atoms in total. The Bertz CT molecular complexity index is 1210. The summed E-state index contributed by atoms with van der Waals surface area (Å²) in [4.78, 5) is 14.0. The van der Waals surface area contributed by atoms with Gasteiger partial charge in [-0.3, -0.25) is 4.79 Å². The van der Waals surface area contributed by atoms with Crippen LogP contribution in [0.1, 0.15) is 54.7 Å². The fourth-order valence-corrected chi connectivity index (χ4v) is 6.01. The Morgan fingerprint density at radius 3 is 1.27 bits per heavy atom. The van der Waals surface area contributed by atoms with Crippen LogP contribution in [0.5, 0.6) is 0 Å². The number of ketones is 1. The van der Waals surface area contributed by atoms with Crippen molar-refractivity contribution in [3.8, 4) is 22.3 Å². The number of hydrogen-bond acceptors (Lipinski definition) is 1. The van der Waals surface area contributed by atoms with E-state index in [0.29, 0.717) is 11.8 Å². The van der Waals surface area contributed by atoms with E-state index in [1.165, 1.54) is 0 Å². The average molecular weight is 431 g/mol. The van der Waals surface area contributed by atoms with Crippen LogP contribution >= 0.6 is 0 Å². The van der Waals surface area contributed by atoms with E-state index in [4.69, 9.17) is 0 Å². The summed E-state index contributed by atoms with van der Waals surface area (Å²) in [6.07, 6.45) is 0. The van der Waals surface area contributed by atoms with Gasteiger partial charge in [0, 0.05) is 16.5 Å². The predicted octanol–water partition coefficient (Wildman–Crippen LogP) is 8.16. The maximum atomic E-state index is 14.0. The minimum Gasteiger partial charge on any atom is -0.289 e. The monoisotopic (exact) mass is 430 g/mol. The van der Waals surface area contributed by atoms with Crippen molar-refractivity contribution < 1.29 is 4.79 Å². The number of hydrogen-bond donors (Lipinski definition) is 0. The highest BCUT2D eigenvalue weighted by molar-refractivity contribution is 6.14. The fraction of sp³-hybridized carbons (Fsp3) is 0.219. The molecule has 164 valence electrons. The Morgan fingerprint density at radius 1 is 0.515 bits per heavy atom. The zero-order valence-electron chi connectivity index (χ0n) is 19.8. The zero-order valence-corrected chi connectivity index (χ0v) is 19.8. The van der Waals surface area contributed by atoms with Gasteiger partial charge in [-0.25, -0.2) is 0 Å². The van der Waals surface area contributed by atoms with Gasteiger partial charge in [-0.05, 0) is 57.3 Å². The second-order valence-corrected chi connectivity index (χ2v) is 9.76. The van der Waals surface area contributed by atoms with Crippen LogP contribution in [0.2, 0.25) is 0 Å². The number of benzene rings is 4. The lowest BCUT2D eigenvalue weighted by atomic mass is 9.55. The van der Waals surface area contributed by atoms with Crippen molar-refractivity contribution in [2.24, 2.45) is 11.8 Å². The fourth-order valence-electron chi connectivity index (χ4n) is 6.01. The summed E-state index contributed by atoms with van der Waals surface area (Å²) < 4.78 is 0. The normalized spacial score (nSPS) is 14.3. The van der Waals surface area contributed by atoms with Crippen LogP contribution < -0.4 is 0 Å². The molecular formula is C32H30O. The molecule has 1 heteroatoms. The van der Waals surface area contributed by atoms with Crippen molar-refractivity contribution in [1.29, 1.82) is 0 Å². The number of carbonyl (C=O) groups excluding carboxylic acids is 1. The van der Waals surface area contributed by atoms with Crippen molar-refractivity contribution in [3.05, 3.63) is 119 Å². The van der Waals surface area contributed by atoms with E-state index in [0.717, 1.165) is 44.5 Å². The van der Waals surface area contributed by atoms with Gasteiger partial charge in [0.1, 0.15) is 0 Å². The predicted molar refractivity (Wildman–Crippen MR) is 138 cm³/mol. The van der Waals surface area contributed by atoms with E-state index in [1.807, 2.05) is 36.4 Å². The van der Waals surface area contributed by atoms with Crippen molar-refractivity contribution in [3.63, 3.8) is 0 Å². The lowest BCUT2D eigenvalue weighted by molar-refractivity contribution is 0.102. The van der Waals surface area contributed by atoms with E-state index < -0.39 is 0 Å².